The quantitative estimate of drug-likeness (QED) is 0.802. The van der Waals surface area contributed by atoms with Crippen molar-refractivity contribution in [2.75, 3.05) is 0 Å². The molecule has 2 unspecified atom stereocenters. The Hall–Kier alpha value is -2.62. The Kier molecular flexibility index (Phi) is 5.71. The van der Waals surface area contributed by atoms with Crippen LogP contribution in [0.2, 0.25) is 0 Å². The van der Waals surface area contributed by atoms with Gasteiger partial charge in [0.1, 0.15) is 6.04 Å². The maximum atomic E-state index is 13.1. The van der Waals surface area contributed by atoms with Crippen LogP contribution in [0.15, 0.2) is 60.7 Å². The third-order valence-corrected chi connectivity index (χ3v) is 4.65. The molecule has 1 fully saturated rings. The molecule has 0 saturated heterocycles. The molecule has 2 aromatic carbocycles. The number of carbonyl (C=O) groups is 2. The number of hydrogen-bond donors (Lipinski definition) is 2. The van der Waals surface area contributed by atoms with E-state index in [9.17, 15) is 9.59 Å². The lowest BCUT2D eigenvalue weighted by atomic mass is 9.92. The first-order valence-electron chi connectivity index (χ1n) is 9.27. The predicted octanol–water partition coefficient (Wildman–Crippen LogP) is 3.56. The molecule has 0 bridgehead atoms. The highest BCUT2D eigenvalue weighted by molar-refractivity contribution is 5.91. The molecule has 2 aromatic rings. The van der Waals surface area contributed by atoms with Crippen LogP contribution in [0.25, 0.3) is 0 Å². The molecule has 136 valence electrons. The van der Waals surface area contributed by atoms with Gasteiger partial charge >= 0.3 is 0 Å². The van der Waals surface area contributed by atoms with Crippen LogP contribution in [0.5, 0.6) is 0 Å². The van der Waals surface area contributed by atoms with Gasteiger partial charge in [-0.2, -0.15) is 0 Å². The number of hydrogen-bond acceptors (Lipinski definition) is 2. The molecule has 2 atom stereocenters. The van der Waals surface area contributed by atoms with E-state index in [1.54, 1.807) is 0 Å². The van der Waals surface area contributed by atoms with Crippen molar-refractivity contribution in [2.45, 2.75) is 44.7 Å². The number of benzene rings is 2. The van der Waals surface area contributed by atoms with E-state index in [4.69, 9.17) is 0 Å². The fourth-order valence-electron chi connectivity index (χ4n) is 3.27. The summed E-state index contributed by atoms with van der Waals surface area (Å²) in [6.07, 6.45) is 2.11. The summed E-state index contributed by atoms with van der Waals surface area (Å²) in [5.41, 5.74) is 1.81. The highest BCUT2D eigenvalue weighted by atomic mass is 16.2. The molecular formula is C22H26N2O2. The zero-order valence-corrected chi connectivity index (χ0v) is 15.3. The van der Waals surface area contributed by atoms with Crippen molar-refractivity contribution in [3.63, 3.8) is 0 Å². The summed E-state index contributed by atoms with van der Waals surface area (Å²) < 4.78 is 0. The van der Waals surface area contributed by atoms with Gasteiger partial charge in [0.2, 0.25) is 11.8 Å². The van der Waals surface area contributed by atoms with Crippen molar-refractivity contribution in [3.8, 4) is 0 Å². The Morgan fingerprint density at radius 2 is 1.35 bits per heavy atom. The number of rotatable bonds is 7. The summed E-state index contributed by atoms with van der Waals surface area (Å²) in [7, 11) is 0. The standard InChI is InChI=1S/C22H26N2O2/c1-15(2)23-22(26)20(18-11-7-4-8-12-18)24-21(25)19(17-13-14-17)16-9-5-3-6-10-16/h3-12,15,17,19-20H,13-14H2,1-2H3,(H,23,26)(H,24,25). The molecule has 1 saturated carbocycles. The molecule has 4 heteroatoms. The summed E-state index contributed by atoms with van der Waals surface area (Å²) in [6, 6.07) is 18.6. The van der Waals surface area contributed by atoms with Gasteiger partial charge in [-0.1, -0.05) is 60.7 Å². The lowest BCUT2D eigenvalue weighted by Gasteiger charge is -2.24. The molecule has 2 amide bonds. The molecule has 0 aromatic heterocycles. The first kappa shape index (κ1) is 18.2. The predicted molar refractivity (Wildman–Crippen MR) is 103 cm³/mol. The maximum absolute atomic E-state index is 13.1. The zero-order chi connectivity index (χ0) is 18.5. The van der Waals surface area contributed by atoms with E-state index in [1.165, 1.54) is 0 Å². The zero-order valence-electron chi connectivity index (χ0n) is 15.3. The van der Waals surface area contributed by atoms with Gasteiger partial charge in [0.25, 0.3) is 0 Å². The van der Waals surface area contributed by atoms with E-state index in [-0.39, 0.29) is 23.8 Å². The van der Waals surface area contributed by atoms with Gasteiger partial charge in [-0.25, -0.2) is 0 Å². The van der Waals surface area contributed by atoms with Crippen LogP contribution in [0.3, 0.4) is 0 Å². The van der Waals surface area contributed by atoms with Crippen LogP contribution < -0.4 is 10.6 Å². The molecule has 2 N–H and O–H groups in total. The molecule has 3 rings (SSSR count). The van der Waals surface area contributed by atoms with Crippen molar-refractivity contribution >= 4 is 11.8 Å². The van der Waals surface area contributed by atoms with E-state index in [0.29, 0.717) is 5.92 Å². The summed E-state index contributed by atoms with van der Waals surface area (Å²) in [5.74, 6) is -0.0927. The molecule has 4 nitrogen and oxygen atoms in total. The first-order chi connectivity index (χ1) is 12.6. The summed E-state index contributed by atoms with van der Waals surface area (Å²) in [6.45, 7) is 3.83. The highest BCUT2D eigenvalue weighted by Crippen LogP contribution is 2.43. The van der Waals surface area contributed by atoms with Crippen molar-refractivity contribution in [2.24, 2.45) is 5.92 Å². The molecule has 0 aliphatic heterocycles. The largest absolute Gasteiger partial charge is 0.352 e. The van der Waals surface area contributed by atoms with Gasteiger partial charge in [-0.3, -0.25) is 9.59 Å². The number of nitrogens with one attached hydrogen (secondary N) is 2. The Bertz CT molecular complexity index is 739. The Balaban J connectivity index is 1.83. The Morgan fingerprint density at radius 1 is 0.808 bits per heavy atom. The lowest BCUT2D eigenvalue weighted by Crippen LogP contribution is -2.44. The van der Waals surface area contributed by atoms with Gasteiger partial charge in [0.05, 0.1) is 5.92 Å². The molecule has 1 aliphatic rings. The molecule has 1 aliphatic carbocycles. The van der Waals surface area contributed by atoms with Crippen molar-refractivity contribution < 1.29 is 9.59 Å². The molecule has 0 heterocycles. The average Bonchev–Trinajstić information content (AvgIpc) is 3.46. The normalized spacial score (nSPS) is 16.0. The number of carbonyl (C=O) groups excluding carboxylic acids is 2. The fraction of sp³-hybridized carbons (Fsp3) is 0.364. The minimum Gasteiger partial charge on any atom is -0.352 e. The van der Waals surface area contributed by atoms with Crippen LogP contribution in [-0.2, 0) is 9.59 Å². The lowest BCUT2D eigenvalue weighted by molar-refractivity contribution is -0.130. The smallest absolute Gasteiger partial charge is 0.247 e. The SMILES string of the molecule is CC(C)NC(=O)C(NC(=O)C(c1ccccc1)C1CC1)c1ccccc1. The van der Waals surface area contributed by atoms with E-state index in [1.807, 2.05) is 74.5 Å². The van der Waals surface area contributed by atoms with Crippen molar-refractivity contribution in [3.05, 3.63) is 71.8 Å². The molecule has 0 spiro atoms. The number of amides is 2. The average molecular weight is 350 g/mol. The summed E-state index contributed by atoms with van der Waals surface area (Å²) in [5, 5.41) is 5.92. The van der Waals surface area contributed by atoms with Crippen LogP contribution in [-0.4, -0.2) is 17.9 Å². The molecule has 26 heavy (non-hydrogen) atoms. The van der Waals surface area contributed by atoms with Crippen LogP contribution in [0.4, 0.5) is 0 Å². The third-order valence-electron chi connectivity index (χ3n) is 4.65. The molecular weight excluding hydrogens is 324 g/mol. The minimum absolute atomic E-state index is 0.0129. The van der Waals surface area contributed by atoms with Crippen LogP contribution >= 0.6 is 0 Å². The van der Waals surface area contributed by atoms with Crippen molar-refractivity contribution in [1.82, 2.24) is 10.6 Å². The second-order valence-electron chi connectivity index (χ2n) is 7.24. The second-order valence-corrected chi connectivity index (χ2v) is 7.24. The topological polar surface area (TPSA) is 58.2 Å². The van der Waals surface area contributed by atoms with Crippen molar-refractivity contribution in [1.29, 1.82) is 0 Å². The van der Waals surface area contributed by atoms with Crippen LogP contribution in [0, 0.1) is 5.92 Å². The minimum atomic E-state index is -0.684. The van der Waals surface area contributed by atoms with E-state index in [0.717, 1.165) is 24.0 Å². The maximum Gasteiger partial charge on any atom is 0.247 e. The Labute approximate surface area is 155 Å². The van der Waals surface area contributed by atoms with Gasteiger partial charge < -0.3 is 10.6 Å². The highest BCUT2D eigenvalue weighted by Gasteiger charge is 2.38. The summed E-state index contributed by atoms with van der Waals surface area (Å²) in [4.78, 5) is 25.8. The van der Waals surface area contributed by atoms with Crippen LogP contribution in [0.1, 0.15) is 49.8 Å². The fourth-order valence-corrected chi connectivity index (χ4v) is 3.27. The first-order valence-corrected chi connectivity index (χ1v) is 9.27. The van der Waals surface area contributed by atoms with Gasteiger partial charge in [-0.15, -0.1) is 0 Å². The van der Waals surface area contributed by atoms with E-state index >= 15 is 0 Å². The van der Waals surface area contributed by atoms with E-state index in [2.05, 4.69) is 10.6 Å². The Morgan fingerprint density at radius 3 is 1.85 bits per heavy atom. The third kappa shape index (κ3) is 4.51. The second kappa shape index (κ2) is 8.17. The van der Waals surface area contributed by atoms with Gasteiger partial charge in [0.15, 0.2) is 0 Å². The monoisotopic (exact) mass is 350 g/mol. The van der Waals surface area contributed by atoms with E-state index < -0.39 is 6.04 Å². The summed E-state index contributed by atoms with van der Waals surface area (Å²) >= 11 is 0. The molecule has 0 radical (unpaired) electrons. The van der Waals surface area contributed by atoms with Gasteiger partial charge in [0, 0.05) is 6.04 Å². The van der Waals surface area contributed by atoms with Gasteiger partial charge in [-0.05, 0) is 43.7 Å².